The van der Waals surface area contributed by atoms with Gasteiger partial charge < -0.3 is 19.0 Å². The molecule has 0 fully saturated rings. The number of fused-ring (bicyclic) bond motifs is 1. The topological polar surface area (TPSA) is 101 Å². The van der Waals surface area contributed by atoms with Gasteiger partial charge in [0.2, 0.25) is 0 Å². The van der Waals surface area contributed by atoms with Crippen LogP contribution in [0.4, 0.5) is 0 Å². The van der Waals surface area contributed by atoms with E-state index >= 15 is 0 Å². The minimum absolute atomic E-state index is 0.132. The molecule has 130 valence electrons. The van der Waals surface area contributed by atoms with E-state index in [-0.39, 0.29) is 6.61 Å². The van der Waals surface area contributed by atoms with Crippen LogP contribution in [-0.2, 0) is 6.61 Å². The minimum Gasteiger partial charge on any atom is -0.497 e. The molecule has 0 bridgehead atoms. The van der Waals surface area contributed by atoms with E-state index in [1.165, 1.54) is 0 Å². The van der Waals surface area contributed by atoms with E-state index in [1.807, 2.05) is 18.2 Å². The third-order valence-corrected chi connectivity index (χ3v) is 3.84. The van der Waals surface area contributed by atoms with E-state index in [1.54, 1.807) is 37.4 Å². The fourth-order valence-electron chi connectivity index (χ4n) is 2.52. The van der Waals surface area contributed by atoms with Crippen molar-refractivity contribution < 1.29 is 13.9 Å². The maximum atomic E-state index is 12.4. The Morgan fingerprint density at radius 1 is 1.08 bits per heavy atom. The van der Waals surface area contributed by atoms with Crippen molar-refractivity contribution in [3.05, 3.63) is 64.8 Å². The highest BCUT2D eigenvalue weighted by Gasteiger charge is 2.09. The molecule has 0 atom stereocenters. The average molecular weight is 349 g/mol. The van der Waals surface area contributed by atoms with Gasteiger partial charge in [-0.3, -0.25) is 10.3 Å². The van der Waals surface area contributed by atoms with Crippen molar-refractivity contribution in [3.8, 4) is 22.6 Å². The molecule has 4 aromatic rings. The van der Waals surface area contributed by atoms with Gasteiger partial charge in [-0.25, -0.2) is 4.79 Å². The number of methoxy groups -OCH3 is 1. The molecule has 4 rings (SSSR count). The Morgan fingerprint density at radius 2 is 1.88 bits per heavy atom. The maximum absolute atomic E-state index is 12.4. The number of benzene rings is 2. The summed E-state index contributed by atoms with van der Waals surface area (Å²) in [5, 5.41) is 14.9. The summed E-state index contributed by atoms with van der Waals surface area (Å²) in [6.07, 6.45) is 0. The first-order valence-electron chi connectivity index (χ1n) is 7.76. The van der Waals surface area contributed by atoms with Gasteiger partial charge in [-0.2, -0.15) is 5.21 Å². The summed E-state index contributed by atoms with van der Waals surface area (Å²) in [7, 11) is 1.59. The summed E-state index contributed by atoms with van der Waals surface area (Å²) >= 11 is 0. The zero-order chi connectivity index (χ0) is 17.9. The zero-order valence-electron chi connectivity index (χ0n) is 13.7. The van der Waals surface area contributed by atoms with E-state index < -0.39 is 5.63 Å². The lowest BCUT2D eigenvalue weighted by molar-refractivity contribution is 0.295. The van der Waals surface area contributed by atoms with Gasteiger partial charge >= 0.3 is 5.63 Å². The lowest BCUT2D eigenvalue weighted by Gasteiger charge is -2.07. The summed E-state index contributed by atoms with van der Waals surface area (Å²) in [6, 6.07) is 14.3. The van der Waals surface area contributed by atoms with Crippen molar-refractivity contribution >= 4 is 11.0 Å². The second-order valence-corrected chi connectivity index (χ2v) is 5.46. The van der Waals surface area contributed by atoms with E-state index in [4.69, 9.17) is 13.9 Å². The summed E-state index contributed by atoms with van der Waals surface area (Å²) in [5.41, 5.74) is 1.25. The van der Waals surface area contributed by atoms with Gasteiger partial charge in [0.1, 0.15) is 23.7 Å². The third kappa shape index (κ3) is 3.12. The number of aromatic nitrogens is 4. The van der Waals surface area contributed by atoms with Crippen molar-refractivity contribution in [1.29, 1.82) is 0 Å². The molecule has 2 aromatic carbocycles. The molecule has 0 N–H and O–H groups in total. The van der Waals surface area contributed by atoms with Gasteiger partial charge in [-0.05, 0) is 35.9 Å². The lowest BCUT2D eigenvalue weighted by Crippen LogP contribution is -2.03. The van der Waals surface area contributed by atoms with Crippen molar-refractivity contribution in [3.63, 3.8) is 0 Å². The molecule has 2 heterocycles. The molecule has 2 aromatic heterocycles. The summed E-state index contributed by atoms with van der Waals surface area (Å²) < 4.78 is 16.2. The van der Waals surface area contributed by atoms with Gasteiger partial charge in [-0.1, -0.05) is 12.1 Å². The maximum Gasteiger partial charge on any atom is 0.344 e. The van der Waals surface area contributed by atoms with E-state index in [0.717, 1.165) is 16.7 Å². The Bertz CT molecular complexity index is 1090. The van der Waals surface area contributed by atoms with Crippen LogP contribution in [0, 0.1) is 0 Å². The Balaban J connectivity index is 1.64. The highest BCUT2D eigenvalue weighted by molar-refractivity contribution is 5.82. The first kappa shape index (κ1) is 15.8. The highest BCUT2D eigenvalue weighted by Crippen LogP contribution is 2.25. The Kier molecular flexibility index (Phi) is 4.06. The van der Waals surface area contributed by atoms with Gasteiger partial charge in [-0.15, -0.1) is 0 Å². The number of tetrazole rings is 1. The van der Waals surface area contributed by atoms with Gasteiger partial charge in [0.25, 0.3) is 0 Å². The molecule has 0 saturated heterocycles. The molecule has 0 radical (unpaired) electrons. The molecule has 0 aliphatic carbocycles. The zero-order valence-corrected chi connectivity index (χ0v) is 13.7. The van der Waals surface area contributed by atoms with E-state index in [0.29, 0.717) is 22.7 Å². The van der Waals surface area contributed by atoms with Gasteiger partial charge in [0, 0.05) is 17.3 Å². The number of hydrogen-bond donors (Lipinski definition) is 0. The number of hydrogen-bond acceptors (Lipinski definition) is 7. The molecular formula is C18H13N4O4-. The summed E-state index contributed by atoms with van der Waals surface area (Å²) in [4.78, 5) is 12.4. The van der Waals surface area contributed by atoms with Crippen LogP contribution in [0.15, 0.2) is 57.7 Å². The van der Waals surface area contributed by atoms with E-state index in [9.17, 15) is 4.79 Å². The fraction of sp³-hybridized carbons (Fsp3) is 0.111. The third-order valence-electron chi connectivity index (χ3n) is 3.84. The molecule has 0 saturated carbocycles. The molecular weight excluding hydrogens is 336 g/mol. The van der Waals surface area contributed by atoms with Crippen molar-refractivity contribution in [2.75, 3.05) is 7.11 Å². The number of ether oxygens (including phenoxy) is 2. The molecule has 0 amide bonds. The van der Waals surface area contributed by atoms with Crippen molar-refractivity contribution in [2.24, 2.45) is 0 Å². The molecule has 0 unspecified atom stereocenters. The fourth-order valence-corrected chi connectivity index (χ4v) is 2.52. The Hall–Kier alpha value is -3.68. The predicted octanol–water partition coefficient (Wildman–Crippen LogP) is 2.19. The monoisotopic (exact) mass is 349 g/mol. The van der Waals surface area contributed by atoms with Crippen LogP contribution in [-0.4, -0.2) is 22.6 Å². The molecule has 0 aliphatic heterocycles. The Morgan fingerprint density at radius 3 is 2.62 bits per heavy atom. The summed E-state index contributed by atoms with van der Waals surface area (Å²) in [6.45, 7) is 0.132. The van der Waals surface area contributed by atoms with Crippen LogP contribution in [0.1, 0.15) is 5.82 Å². The normalized spacial score (nSPS) is 10.8. The predicted molar refractivity (Wildman–Crippen MR) is 92.0 cm³/mol. The number of rotatable bonds is 5. The van der Waals surface area contributed by atoms with Crippen LogP contribution in [0.5, 0.6) is 11.5 Å². The van der Waals surface area contributed by atoms with Crippen LogP contribution >= 0.6 is 0 Å². The van der Waals surface area contributed by atoms with Crippen LogP contribution in [0.3, 0.4) is 0 Å². The number of nitrogens with zero attached hydrogens (tertiary/aromatic N) is 4. The smallest absolute Gasteiger partial charge is 0.344 e. The molecule has 8 heteroatoms. The largest absolute Gasteiger partial charge is 0.497 e. The highest BCUT2D eigenvalue weighted by atomic mass is 16.5. The SMILES string of the molecule is COc1ccc(-c2cc3ccc(OCc4nnn[n-]4)cc3oc2=O)cc1. The molecule has 8 nitrogen and oxygen atoms in total. The first-order valence-corrected chi connectivity index (χ1v) is 7.76. The minimum atomic E-state index is -0.424. The van der Waals surface area contributed by atoms with E-state index in [2.05, 4.69) is 20.6 Å². The second kappa shape index (κ2) is 6.67. The molecule has 26 heavy (non-hydrogen) atoms. The van der Waals surface area contributed by atoms with Crippen LogP contribution in [0.25, 0.3) is 22.1 Å². The van der Waals surface area contributed by atoms with Gasteiger partial charge in [0.05, 0.1) is 12.7 Å². The van der Waals surface area contributed by atoms with Crippen LogP contribution in [0.2, 0.25) is 0 Å². The van der Waals surface area contributed by atoms with Crippen molar-refractivity contribution in [1.82, 2.24) is 20.6 Å². The lowest BCUT2D eigenvalue weighted by atomic mass is 10.1. The molecule has 0 spiro atoms. The average Bonchev–Trinajstić information content (AvgIpc) is 3.19. The Labute approximate surface area is 147 Å². The molecule has 0 aliphatic rings. The second-order valence-electron chi connectivity index (χ2n) is 5.46. The quantitative estimate of drug-likeness (QED) is 0.505. The standard InChI is InChI=1S/C18H13N4O4/c1-24-13-5-2-11(3-6-13)15-8-12-4-7-14(9-16(12)26-18(15)23)25-10-17-19-21-22-20-17/h2-9H,10H2,1H3/q-1. The summed E-state index contributed by atoms with van der Waals surface area (Å²) in [5.74, 6) is 1.63. The first-order chi connectivity index (χ1) is 12.7. The van der Waals surface area contributed by atoms with Gasteiger partial charge in [0.15, 0.2) is 0 Å². The van der Waals surface area contributed by atoms with Crippen LogP contribution < -0.4 is 20.2 Å². The van der Waals surface area contributed by atoms with Crippen molar-refractivity contribution in [2.45, 2.75) is 6.61 Å².